The first-order valence-electron chi connectivity index (χ1n) is 8.70. The fourth-order valence-corrected chi connectivity index (χ4v) is 2.56. The molecule has 2 aromatic heterocycles. The van der Waals surface area contributed by atoms with Crippen LogP contribution in [0.3, 0.4) is 0 Å². The Kier molecular flexibility index (Phi) is 6.71. The summed E-state index contributed by atoms with van der Waals surface area (Å²) in [6.45, 7) is 10.3. The number of amides is 1. The lowest BCUT2D eigenvalue weighted by Gasteiger charge is -2.28. The third-order valence-corrected chi connectivity index (χ3v) is 3.57. The SMILES string of the molecule is CC(C)CN(CC(C)C)c1ncnc(NNC(=O)c2ccncc2)c1N. The molecule has 0 radical (unpaired) electrons. The van der Waals surface area contributed by atoms with Crippen LogP contribution in [0.15, 0.2) is 30.9 Å². The van der Waals surface area contributed by atoms with E-state index in [2.05, 4.69) is 58.4 Å². The van der Waals surface area contributed by atoms with Gasteiger partial charge in [0.25, 0.3) is 5.91 Å². The summed E-state index contributed by atoms with van der Waals surface area (Å²) in [5.74, 6) is 1.67. The van der Waals surface area contributed by atoms with Crippen LogP contribution in [0.25, 0.3) is 0 Å². The molecule has 2 heterocycles. The van der Waals surface area contributed by atoms with Gasteiger partial charge in [-0.1, -0.05) is 27.7 Å². The highest BCUT2D eigenvalue weighted by atomic mass is 16.2. The van der Waals surface area contributed by atoms with E-state index in [0.717, 1.165) is 13.1 Å². The van der Waals surface area contributed by atoms with E-state index in [1.54, 1.807) is 24.5 Å². The van der Waals surface area contributed by atoms with E-state index in [-0.39, 0.29) is 5.91 Å². The summed E-state index contributed by atoms with van der Waals surface area (Å²) < 4.78 is 0. The van der Waals surface area contributed by atoms with Crippen LogP contribution in [0.5, 0.6) is 0 Å². The second-order valence-electron chi connectivity index (χ2n) is 6.97. The minimum atomic E-state index is -0.298. The van der Waals surface area contributed by atoms with Crippen LogP contribution in [-0.2, 0) is 0 Å². The van der Waals surface area contributed by atoms with Gasteiger partial charge < -0.3 is 10.6 Å². The van der Waals surface area contributed by atoms with E-state index in [1.165, 1.54) is 6.33 Å². The molecule has 0 aliphatic rings. The minimum Gasteiger partial charge on any atom is -0.393 e. The predicted molar refractivity (Wildman–Crippen MR) is 104 cm³/mol. The van der Waals surface area contributed by atoms with Gasteiger partial charge in [0.2, 0.25) is 0 Å². The number of hydrogen-bond acceptors (Lipinski definition) is 7. The van der Waals surface area contributed by atoms with Crippen LogP contribution in [0.1, 0.15) is 38.1 Å². The fraction of sp³-hybridized carbons (Fsp3) is 0.444. The van der Waals surface area contributed by atoms with Gasteiger partial charge in [0.15, 0.2) is 11.6 Å². The molecule has 2 aromatic rings. The zero-order valence-corrected chi connectivity index (χ0v) is 15.7. The van der Waals surface area contributed by atoms with E-state index in [4.69, 9.17) is 5.73 Å². The number of nitrogens with one attached hydrogen (secondary N) is 2. The highest BCUT2D eigenvalue weighted by Crippen LogP contribution is 2.27. The second kappa shape index (κ2) is 8.98. The maximum Gasteiger partial charge on any atom is 0.269 e. The molecule has 0 aliphatic carbocycles. The zero-order valence-electron chi connectivity index (χ0n) is 15.7. The number of rotatable bonds is 8. The Labute approximate surface area is 154 Å². The Bertz CT molecular complexity index is 709. The van der Waals surface area contributed by atoms with Crippen LogP contribution in [-0.4, -0.2) is 33.9 Å². The van der Waals surface area contributed by atoms with Crippen LogP contribution < -0.4 is 21.5 Å². The second-order valence-corrected chi connectivity index (χ2v) is 6.97. The molecule has 0 saturated heterocycles. The number of carbonyl (C=O) groups excluding carboxylic acids is 1. The third-order valence-electron chi connectivity index (χ3n) is 3.57. The molecule has 0 aliphatic heterocycles. The minimum absolute atomic E-state index is 0.298. The summed E-state index contributed by atoms with van der Waals surface area (Å²) in [6.07, 6.45) is 4.56. The molecule has 0 bridgehead atoms. The van der Waals surface area contributed by atoms with Gasteiger partial charge in [-0.25, -0.2) is 9.97 Å². The van der Waals surface area contributed by atoms with Gasteiger partial charge in [-0.2, -0.15) is 0 Å². The van der Waals surface area contributed by atoms with Crippen LogP contribution >= 0.6 is 0 Å². The smallest absolute Gasteiger partial charge is 0.269 e. The lowest BCUT2D eigenvalue weighted by molar-refractivity contribution is 0.0962. The molecule has 140 valence electrons. The number of hydrazine groups is 1. The first-order valence-corrected chi connectivity index (χ1v) is 8.70. The molecule has 8 heteroatoms. The van der Waals surface area contributed by atoms with Crippen molar-refractivity contribution in [1.29, 1.82) is 0 Å². The van der Waals surface area contributed by atoms with Gasteiger partial charge in [0, 0.05) is 31.0 Å². The largest absolute Gasteiger partial charge is 0.393 e. The lowest BCUT2D eigenvalue weighted by atomic mass is 10.1. The molecule has 0 atom stereocenters. The van der Waals surface area contributed by atoms with E-state index in [0.29, 0.717) is 34.7 Å². The summed E-state index contributed by atoms with van der Waals surface area (Å²) in [6, 6.07) is 3.25. The van der Waals surface area contributed by atoms with Crippen molar-refractivity contribution in [3.63, 3.8) is 0 Å². The van der Waals surface area contributed by atoms with E-state index in [1.807, 2.05) is 0 Å². The van der Waals surface area contributed by atoms with Crippen LogP contribution in [0.2, 0.25) is 0 Å². The molecule has 4 N–H and O–H groups in total. The number of aromatic nitrogens is 3. The number of hydrogen-bond donors (Lipinski definition) is 3. The molecule has 0 spiro atoms. The van der Waals surface area contributed by atoms with Crippen LogP contribution in [0.4, 0.5) is 17.3 Å². The number of carbonyl (C=O) groups is 1. The highest BCUT2D eigenvalue weighted by Gasteiger charge is 2.18. The number of nitrogens with two attached hydrogens (primary N) is 1. The van der Waals surface area contributed by atoms with Crippen molar-refractivity contribution in [1.82, 2.24) is 20.4 Å². The molecule has 0 unspecified atom stereocenters. The number of nitrogen functional groups attached to an aromatic ring is 1. The summed E-state index contributed by atoms with van der Waals surface area (Å²) in [5.41, 5.74) is 12.6. The molecule has 1 amide bonds. The maximum atomic E-state index is 12.1. The van der Waals surface area contributed by atoms with E-state index >= 15 is 0 Å². The average Bonchev–Trinajstić information content (AvgIpc) is 2.60. The molecule has 26 heavy (non-hydrogen) atoms. The average molecular weight is 357 g/mol. The molecular weight excluding hydrogens is 330 g/mol. The molecule has 0 fully saturated rings. The third kappa shape index (κ3) is 5.30. The van der Waals surface area contributed by atoms with Gasteiger partial charge in [-0.05, 0) is 24.0 Å². The Morgan fingerprint density at radius 1 is 1.12 bits per heavy atom. The van der Waals surface area contributed by atoms with Gasteiger partial charge in [-0.15, -0.1) is 0 Å². The topological polar surface area (TPSA) is 109 Å². The summed E-state index contributed by atoms with van der Waals surface area (Å²) >= 11 is 0. The fourth-order valence-electron chi connectivity index (χ4n) is 2.56. The van der Waals surface area contributed by atoms with Gasteiger partial charge in [-0.3, -0.25) is 20.6 Å². The summed E-state index contributed by atoms with van der Waals surface area (Å²) in [4.78, 5) is 26.7. The van der Waals surface area contributed by atoms with Crippen molar-refractivity contribution in [2.45, 2.75) is 27.7 Å². The lowest BCUT2D eigenvalue weighted by Crippen LogP contribution is -2.34. The Morgan fingerprint density at radius 2 is 1.73 bits per heavy atom. The Balaban J connectivity index is 2.15. The maximum absolute atomic E-state index is 12.1. The van der Waals surface area contributed by atoms with Crippen molar-refractivity contribution in [2.24, 2.45) is 11.8 Å². The monoisotopic (exact) mass is 357 g/mol. The highest BCUT2D eigenvalue weighted by molar-refractivity contribution is 5.95. The normalized spacial score (nSPS) is 10.8. The van der Waals surface area contributed by atoms with E-state index < -0.39 is 0 Å². The van der Waals surface area contributed by atoms with Crippen LogP contribution in [0, 0.1) is 11.8 Å². The van der Waals surface area contributed by atoms with E-state index in [9.17, 15) is 4.79 Å². The number of pyridine rings is 1. The molecular formula is C18H27N7O. The van der Waals surface area contributed by atoms with Gasteiger partial charge in [0.1, 0.15) is 12.0 Å². The zero-order chi connectivity index (χ0) is 19.1. The standard InChI is InChI=1S/C18H27N7O/c1-12(2)9-25(10-13(3)4)17-15(19)16(21-11-22-17)23-24-18(26)14-5-7-20-8-6-14/h5-8,11-13H,9-10,19H2,1-4H3,(H,24,26)(H,21,22,23). The molecule has 8 nitrogen and oxygen atoms in total. The van der Waals surface area contributed by atoms with Crippen molar-refractivity contribution >= 4 is 23.2 Å². The van der Waals surface area contributed by atoms with Gasteiger partial charge >= 0.3 is 0 Å². The first kappa shape index (κ1) is 19.4. The predicted octanol–water partition coefficient (Wildman–Crippen LogP) is 2.33. The molecule has 2 rings (SSSR count). The van der Waals surface area contributed by atoms with Gasteiger partial charge in [0.05, 0.1) is 0 Å². The van der Waals surface area contributed by atoms with Crippen molar-refractivity contribution in [2.75, 3.05) is 29.1 Å². The molecule has 0 aromatic carbocycles. The Hall–Kier alpha value is -2.90. The molecule has 0 saturated carbocycles. The quantitative estimate of drug-likeness (QED) is 0.622. The number of anilines is 3. The van der Waals surface area contributed by atoms with Crippen molar-refractivity contribution in [3.05, 3.63) is 36.4 Å². The summed E-state index contributed by atoms with van der Waals surface area (Å²) in [5, 5.41) is 0. The Morgan fingerprint density at radius 3 is 2.31 bits per heavy atom. The summed E-state index contributed by atoms with van der Waals surface area (Å²) in [7, 11) is 0. The van der Waals surface area contributed by atoms with Crippen molar-refractivity contribution in [3.8, 4) is 0 Å². The first-order chi connectivity index (χ1) is 12.4. The van der Waals surface area contributed by atoms with Crippen molar-refractivity contribution < 1.29 is 4.79 Å². The number of nitrogens with zero attached hydrogens (tertiary/aromatic N) is 4.